The highest BCUT2D eigenvalue weighted by Crippen LogP contribution is 2.40. The minimum Gasteiger partial charge on any atom is -0.374 e. The Kier molecular flexibility index (Phi) is 6.62. The van der Waals surface area contributed by atoms with Crippen molar-refractivity contribution in [1.29, 1.82) is 0 Å². The van der Waals surface area contributed by atoms with Crippen molar-refractivity contribution in [2.75, 3.05) is 0 Å². The number of aliphatic hydroxyl groups is 1. The molecule has 2 heterocycles. The van der Waals surface area contributed by atoms with Crippen molar-refractivity contribution >= 4 is 11.8 Å². The molecule has 0 aliphatic carbocycles. The number of hydrogen-bond acceptors (Lipinski definition) is 5. The van der Waals surface area contributed by atoms with E-state index in [0.29, 0.717) is 16.9 Å². The van der Waals surface area contributed by atoms with Crippen LogP contribution in [0.5, 0.6) is 0 Å². The number of rotatable bonds is 6. The van der Waals surface area contributed by atoms with Gasteiger partial charge in [-0.3, -0.25) is 20.4 Å². The summed E-state index contributed by atoms with van der Waals surface area (Å²) in [6.45, 7) is 0. The average Bonchev–Trinajstić information content (AvgIpc) is 3.50. The first kappa shape index (κ1) is 24.7. The van der Waals surface area contributed by atoms with Crippen LogP contribution in [0.3, 0.4) is 0 Å². The molecular formula is C24H21F3N6O3. The largest absolute Gasteiger partial charge is 0.425 e. The van der Waals surface area contributed by atoms with E-state index in [-0.39, 0.29) is 5.56 Å². The van der Waals surface area contributed by atoms with Gasteiger partial charge in [-0.15, -0.1) is 0 Å². The van der Waals surface area contributed by atoms with E-state index in [9.17, 15) is 27.9 Å². The molecule has 2 amide bonds. The highest BCUT2D eigenvalue weighted by molar-refractivity contribution is 6.00. The second-order valence-corrected chi connectivity index (χ2v) is 7.94. The Morgan fingerprint density at radius 2 is 1.64 bits per heavy atom. The van der Waals surface area contributed by atoms with Crippen molar-refractivity contribution in [3.05, 3.63) is 90.6 Å². The van der Waals surface area contributed by atoms with E-state index in [1.807, 2.05) is 11.5 Å². The van der Waals surface area contributed by atoms with Gasteiger partial charge in [0, 0.05) is 31.2 Å². The number of carbonyl (C=O) groups excluding carboxylic acids is 2. The number of hydrazine groups is 1. The van der Waals surface area contributed by atoms with Crippen molar-refractivity contribution in [3.63, 3.8) is 0 Å². The summed E-state index contributed by atoms with van der Waals surface area (Å²) in [6, 6.07) is 17.8. The molecule has 0 unspecified atom stereocenters. The fraction of sp³-hybridized carbons (Fsp3) is 0.167. The highest BCUT2D eigenvalue weighted by atomic mass is 19.4. The highest BCUT2D eigenvalue weighted by Gasteiger charge is 2.58. The van der Waals surface area contributed by atoms with Crippen LogP contribution in [0.25, 0.3) is 16.9 Å². The SMILES string of the molecule is Cn1ccnc1[C@@](O)(CC(=O)NNC(=O)c1cn(-c2ccccc2)nc1-c1ccccc1)C(F)(F)F. The summed E-state index contributed by atoms with van der Waals surface area (Å²) in [5.74, 6) is -2.84. The molecular weight excluding hydrogens is 477 g/mol. The van der Waals surface area contributed by atoms with E-state index in [0.717, 1.165) is 10.8 Å². The van der Waals surface area contributed by atoms with Crippen LogP contribution in [0.4, 0.5) is 13.2 Å². The lowest BCUT2D eigenvalue weighted by molar-refractivity contribution is -0.271. The van der Waals surface area contributed by atoms with Crippen LogP contribution in [0.1, 0.15) is 22.6 Å². The van der Waals surface area contributed by atoms with E-state index in [1.165, 1.54) is 24.1 Å². The number of halogens is 3. The summed E-state index contributed by atoms with van der Waals surface area (Å²) in [7, 11) is 1.26. The predicted octanol–water partition coefficient (Wildman–Crippen LogP) is 2.87. The maximum absolute atomic E-state index is 13.7. The molecule has 3 N–H and O–H groups in total. The van der Waals surface area contributed by atoms with Crippen molar-refractivity contribution in [3.8, 4) is 16.9 Å². The topological polar surface area (TPSA) is 114 Å². The third-order valence-corrected chi connectivity index (χ3v) is 5.42. The summed E-state index contributed by atoms with van der Waals surface area (Å²) in [6.07, 6.45) is -2.90. The Morgan fingerprint density at radius 1 is 1.00 bits per heavy atom. The number of amides is 2. The first-order chi connectivity index (χ1) is 17.1. The smallest absolute Gasteiger partial charge is 0.374 e. The molecule has 36 heavy (non-hydrogen) atoms. The molecule has 0 fully saturated rings. The lowest BCUT2D eigenvalue weighted by Crippen LogP contribution is -2.50. The standard InChI is InChI=1S/C24H21F3N6O3/c1-32-13-12-28-22(32)23(36,24(25,26)27)14-19(34)29-30-21(35)18-15-33(17-10-6-3-7-11-17)31-20(18)16-8-4-2-5-9-16/h2-13,15,36H,14H2,1H3,(H,29,34)(H,30,35)/t23-/m0/s1. The Bertz CT molecular complexity index is 1370. The van der Waals surface area contributed by atoms with Gasteiger partial charge in [-0.05, 0) is 12.1 Å². The molecule has 9 nitrogen and oxygen atoms in total. The van der Waals surface area contributed by atoms with E-state index in [4.69, 9.17) is 0 Å². The summed E-state index contributed by atoms with van der Waals surface area (Å²) in [5, 5.41) is 14.8. The molecule has 0 saturated carbocycles. The molecule has 12 heteroatoms. The molecule has 0 bridgehead atoms. The molecule has 0 saturated heterocycles. The molecule has 186 valence electrons. The van der Waals surface area contributed by atoms with E-state index < -0.39 is 35.8 Å². The van der Waals surface area contributed by atoms with Crippen molar-refractivity contribution in [2.24, 2.45) is 7.05 Å². The van der Waals surface area contributed by atoms with Gasteiger partial charge in [0.25, 0.3) is 5.91 Å². The molecule has 4 aromatic rings. The van der Waals surface area contributed by atoms with Crippen molar-refractivity contribution in [2.45, 2.75) is 18.2 Å². The number of aryl methyl sites for hydroxylation is 1. The number of aromatic nitrogens is 4. The minimum atomic E-state index is -5.20. The van der Waals surface area contributed by atoms with Gasteiger partial charge in [0.05, 0.1) is 17.7 Å². The molecule has 0 aliphatic heterocycles. The Hall–Kier alpha value is -4.45. The molecule has 2 aromatic heterocycles. The minimum absolute atomic E-state index is 0.0699. The Balaban J connectivity index is 1.56. The Morgan fingerprint density at radius 3 is 2.22 bits per heavy atom. The maximum Gasteiger partial charge on any atom is 0.425 e. The van der Waals surface area contributed by atoms with E-state index in [2.05, 4.69) is 15.5 Å². The van der Waals surface area contributed by atoms with Gasteiger partial charge in [0.2, 0.25) is 11.5 Å². The number of para-hydroxylation sites is 1. The van der Waals surface area contributed by atoms with Gasteiger partial charge >= 0.3 is 6.18 Å². The molecule has 4 rings (SSSR count). The van der Waals surface area contributed by atoms with Gasteiger partial charge in [-0.1, -0.05) is 48.5 Å². The van der Waals surface area contributed by atoms with E-state index >= 15 is 0 Å². The van der Waals surface area contributed by atoms with Crippen LogP contribution in [-0.2, 0) is 17.4 Å². The molecule has 0 radical (unpaired) electrons. The van der Waals surface area contributed by atoms with Crippen LogP contribution >= 0.6 is 0 Å². The van der Waals surface area contributed by atoms with Crippen LogP contribution in [0.2, 0.25) is 0 Å². The number of benzene rings is 2. The van der Waals surface area contributed by atoms with Crippen LogP contribution < -0.4 is 10.9 Å². The molecule has 0 aliphatic rings. The van der Waals surface area contributed by atoms with Crippen LogP contribution in [0.15, 0.2) is 79.3 Å². The lowest BCUT2D eigenvalue weighted by Gasteiger charge is -2.29. The lowest BCUT2D eigenvalue weighted by atomic mass is 9.97. The summed E-state index contributed by atoms with van der Waals surface area (Å²) in [5.41, 5.74) is 2.15. The second-order valence-electron chi connectivity index (χ2n) is 7.94. The summed E-state index contributed by atoms with van der Waals surface area (Å²) >= 11 is 0. The van der Waals surface area contributed by atoms with Gasteiger partial charge in [-0.2, -0.15) is 18.3 Å². The first-order valence-electron chi connectivity index (χ1n) is 10.7. The normalized spacial score (nSPS) is 13.1. The van der Waals surface area contributed by atoms with Crippen molar-refractivity contribution in [1.82, 2.24) is 30.2 Å². The summed E-state index contributed by atoms with van der Waals surface area (Å²) < 4.78 is 43.5. The second kappa shape index (κ2) is 9.66. The van der Waals surface area contributed by atoms with Gasteiger partial charge < -0.3 is 9.67 Å². The fourth-order valence-corrected chi connectivity index (χ4v) is 3.60. The Labute approximate surface area is 203 Å². The van der Waals surface area contributed by atoms with Gasteiger partial charge in [0.1, 0.15) is 5.69 Å². The number of carbonyl (C=O) groups is 2. The first-order valence-corrected chi connectivity index (χ1v) is 10.7. The molecule has 0 spiro atoms. The van der Waals surface area contributed by atoms with Gasteiger partial charge in [0.15, 0.2) is 5.82 Å². The monoisotopic (exact) mass is 498 g/mol. The third-order valence-electron chi connectivity index (χ3n) is 5.42. The number of imidazole rings is 1. The average molecular weight is 498 g/mol. The molecule has 1 atom stereocenters. The van der Waals surface area contributed by atoms with Crippen LogP contribution in [0, 0.1) is 0 Å². The maximum atomic E-state index is 13.7. The number of nitrogens with one attached hydrogen (secondary N) is 2. The summed E-state index contributed by atoms with van der Waals surface area (Å²) in [4.78, 5) is 28.9. The number of alkyl halides is 3. The number of nitrogens with zero attached hydrogens (tertiary/aromatic N) is 4. The third kappa shape index (κ3) is 4.84. The van der Waals surface area contributed by atoms with Crippen LogP contribution in [-0.4, -0.2) is 42.4 Å². The number of hydrogen-bond donors (Lipinski definition) is 3. The molecule has 2 aromatic carbocycles. The van der Waals surface area contributed by atoms with Gasteiger partial charge in [-0.25, -0.2) is 9.67 Å². The quantitative estimate of drug-likeness (QED) is 0.354. The zero-order valence-electron chi connectivity index (χ0n) is 18.9. The van der Waals surface area contributed by atoms with Crippen molar-refractivity contribution < 1.29 is 27.9 Å². The fourth-order valence-electron chi connectivity index (χ4n) is 3.60. The zero-order valence-corrected chi connectivity index (χ0v) is 18.9. The zero-order chi connectivity index (χ0) is 25.9. The predicted molar refractivity (Wildman–Crippen MR) is 122 cm³/mol. The van der Waals surface area contributed by atoms with E-state index in [1.54, 1.807) is 54.6 Å².